The van der Waals surface area contributed by atoms with Crippen LogP contribution in [-0.2, 0) is 11.3 Å². The summed E-state index contributed by atoms with van der Waals surface area (Å²) in [6.07, 6.45) is 0. The molecule has 4 rings (SSSR count). The largest absolute Gasteiger partial charge is 0.322 e. The predicted molar refractivity (Wildman–Crippen MR) is 99.6 cm³/mol. The molecule has 5 nitrogen and oxygen atoms in total. The molecule has 2 heterocycles. The van der Waals surface area contributed by atoms with Crippen LogP contribution >= 0.6 is 11.6 Å². The van der Waals surface area contributed by atoms with Gasteiger partial charge in [-0.15, -0.1) is 0 Å². The fourth-order valence-corrected chi connectivity index (χ4v) is 3.96. The number of fused-ring (bicyclic) bond motifs is 1. The number of anilines is 1. The summed E-state index contributed by atoms with van der Waals surface area (Å²) in [7, 11) is 0. The Balaban J connectivity index is 1.36. The van der Waals surface area contributed by atoms with Crippen molar-refractivity contribution in [3.05, 3.63) is 64.4 Å². The molecule has 2 aromatic carbocycles. The second-order valence-corrected chi connectivity index (χ2v) is 7.62. The van der Waals surface area contributed by atoms with Crippen LogP contribution < -0.4 is 14.7 Å². The highest BCUT2D eigenvalue weighted by Crippen LogP contribution is 2.28. The Morgan fingerprint density at radius 3 is 2.33 bits per heavy atom. The number of amides is 1. The molecule has 0 radical (unpaired) electrons. The zero-order chi connectivity index (χ0) is 19.0. The second kappa shape index (κ2) is 7.38. The van der Waals surface area contributed by atoms with Gasteiger partial charge in [0.25, 0.3) is 5.78 Å². The van der Waals surface area contributed by atoms with Crippen molar-refractivity contribution in [2.24, 2.45) is 0 Å². The molecule has 0 aliphatic carbocycles. The van der Waals surface area contributed by atoms with Gasteiger partial charge in [-0.3, -0.25) is 14.5 Å². The Labute approximate surface area is 161 Å². The van der Waals surface area contributed by atoms with E-state index < -0.39 is 17.5 Å². The van der Waals surface area contributed by atoms with Crippen molar-refractivity contribution in [1.82, 2.24) is 0 Å². The maximum absolute atomic E-state index is 13.4. The lowest BCUT2D eigenvalue weighted by Gasteiger charge is -2.31. The van der Waals surface area contributed by atoms with E-state index in [1.165, 1.54) is 32.4 Å². The molecule has 1 fully saturated rings. The SMILES string of the molecule is O=C1C(=O)N(C[NH+]2CC[NH+](Cc3ccc(Cl)cc3)CC2)c2ccc(F)cc21. The minimum absolute atomic E-state index is 0.173. The first kappa shape index (κ1) is 18.1. The minimum Gasteiger partial charge on any atom is -0.322 e. The third-order valence-electron chi connectivity index (χ3n) is 5.35. The molecule has 2 N–H and O–H groups in total. The Hall–Kier alpha value is -2.28. The lowest BCUT2D eigenvalue weighted by Crippen LogP contribution is -3.28. The van der Waals surface area contributed by atoms with E-state index in [2.05, 4.69) is 12.1 Å². The van der Waals surface area contributed by atoms with E-state index in [9.17, 15) is 14.0 Å². The quantitative estimate of drug-likeness (QED) is 0.720. The molecular weight excluding hydrogens is 369 g/mol. The fourth-order valence-electron chi connectivity index (χ4n) is 3.84. The second-order valence-electron chi connectivity index (χ2n) is 7.19. The Morgan fingerprint density at radius 2 is 1.63 bits per heavy atom. The highest BCUT2D eigenvalue weighted by Gasteiger charge is 2.38. The van der Waals surface area contributed by atoms with Crippen LogP contribution in [0.25, 0.3) is 0 Å². The summed E-state index contributed by atoms with van der Waals surface area (Å²) in [6, 6.07) is 11.9. The van der Waals surface area contributed by atoms with Gasteiger partial charge in [0.05, 0.1) is 11.3 Å². The van der Waals surface area contributed by atoms with E-state index in [-0.39, 0.29) is 5.56 Å². The van der Waals surface area contributed by atoms with Crippen LogP contribution in [0.15, 0.2) is 42.5 Å². The molecule has 140 valence electrons. The van der Waals surface area contributed by atoms with E-state index in [1.807, 2.05) is 12.1 Å². The van der Waals surface area contributed by atoms with Gasteiger partial charge < -0.3 is 9.80 Å². The lowest BCUT2D eigenvalue weighted by molar-refractivity contribution is -1.02. The van der Waals surface area contributed by atoms with Crippen LogP contribution in [0.1, 0.15) is 15.9 Å². The number of nitrogens with one attached hydrogen (secondary N) is 2. The Morgan fingerprint density at radius 1 is 0.963 bits per heavy atom. The summed E-state index contributed by atoms with van der Waals surface area (Å²) >= 11 is 5.93. The van der Waals surface area contributed by atoms with Crippen LogP contribution in [0.3, 0.4) is 0 Å². The van der Waals surface area contributed by atoms with Crippen molar-refractivity contribution in [3.8, 4) is 0 Å². The molecular formula is C20H21ClFN3O2+2. The van der Waals surface area contributed by atoms with Gasteiger partial charge in [0.1, 0.15) is 38.5 Å². The molecule has 0 saturated carbocycles. The molecule has 1 saturated heterocycles. The average Bonchev–Trinajstić information content (AvgIpc) is 2.90. The number of carbonyl (C=O) groups is 2. The summed E-state index contributed by atoms with van der Waals surface area (Å²) in [6.45, 7) is 5.20. The number of hydrogen-bond acceptors (Lipinski definition) is 2. The van der Waals surface area contributed by atoms with Gasteiger partial charge in [0.15, 0.2) is 6.67 Å². The van der Waals surface area contributed by atoms with Crippen molar-refractivity contribution >= 4 is 29.0 Å². The number of piperazine rings is 1. The maximum atomic E-state index is 13.4. The molecule has 2 aliphatic rings. The van der Waals surface area contributed by atoms with Crippen LogP contribution in [0, 0.1) is 5.82 Å². The van der Waals surface area contributed by atoms with Gasteiger partial charge in [-0.05, 0) is 30.3 Å². The van der Waals surface area contributed by atoms with Gasteiger partial charge in [-0.1, -0.05) is 23.7 Å². The van der Waals surface area contributed by atoms with E-state index in [4.69, 9.17) is 11.6 Å². The molecule has 27 heavy (non-hydrogen) atoms. The number of quaternary nitrogens is 2. The van der Waals surface area contributed by atoms with Crippen molar-refractivity contribution in [3.63, 3.8) is 0 Å². The zero-order valence-corrected chi connectivity index (χ0v) is 15.6. The number of hydrogen-bond donors (Lipinski definition) is 2. The van der Waals surface area contributed by atoms with Gasteiger partial charge in [-0.25, -0.2) is 4.39 Å². The van der Waals surface area contributed by atoms with Crippen LogP contribution in [0.5, 0.6) is 0 Å². The highest BCUT2D eigenvalue weighted by molar-refractivity contribution is 6.52. The Kier molecular flexibility index (Phi) is 4.95. The number of Topliss-reactive ketones (excluding diaryl/α,β-unsaturated/α-hetero) is 1. The highest BCUT2D eigenvalue weighted by atomic mass is 35.5. The molecule has 0 aromatic heterocycles. The van der Waals surface area contributed by atoms with Gasteiger partial charge in [-0.2, -0.15) is 0 Å². The molecule has 0 spiro atoms. The predicted octanol–water partition coefficient (Wildman–Crippen LogP) is -0.0505. The first-order chi connectivity index (χ1) is 13.0. The molecule has 2 aliphatic heterocycles. The molecule has 1 amide bonds. The minimum atomic E-state index is -0.615. The number of carbonyl (C=O) groups excluding carboxylic acids is 2. The monoisotopic (exact) mass is 389 g/mol. The summed E-state index contributed by atoms with van der Waals surface area (Å²) in [5.41, 5.74) is 1.95. The van der Waals surface area contributed by atoms with E-state index in [0.717, 1.165) is 43.8 Å². The number of halogens is 2. The molecule has 0 unspecified atom stereocenters. The maximum Gasteiger partial charge on any atom is 0.303 e. The Bertz CT molecular complexity index is 879. The number of nitrogens with zero attached hydrogens (tertiary/aromatic N) is 1. The average molecular weight is 390 g/mol. The number of benzene rings is 2. The smallest absolute Gasteiger partial charge is 0.303 e. The van der Waals surface area contributed by atoms with Gasteiger partial charge in [0.2, 0.25) is 0 Å². The van der Waals surface area contributed by atoms with Crippen molar-refractivity contribution in [1.29, 1.82) is 0 Å². The van der Waals surface area contributed by atoms with E-state index in [0.29, 0.717) is 12.4 Å². The molecule has 0 bridgehead atoms. The number of rotatable bonds is 4. The fraction of sp³-hybridized carbons (Fsp3) is 0.300. The third-order valence-corrected chi connectivity index (χ3v) is 5.60. The topological polar surface area (TPSA) is 46.3 Å². The van der Waals surface area contributed by atoms with Crippen LogP contribution in [0.4, 0.5) is 10.1 Å². The van der Waals surface area contributed by atoms with Crippen molar-refractivity contribution in [2.45, 2.75) is 6.54 Å². The third kappa shape index (κ3) is 3.74. The normalized spacial score (nSPS) is 22.2. The van der Waals surface area contributed by atoms with Crippen LogP contribution in [0.2, 0.25) is 5.02 Å². The van der Waals surface area contributed by atoms with E-state index >= 15 is 0 Å². The first-order valence-corrected chi connectivity index (χ1v) is 9.46. The summed E-state index contributed by atoms with van der Waals surface area (Å²) in [4.78, 5) is 28.7. The summed E-state index contributed by atoms with van der Waals surface area (Å²) in [5.74, 6) is -1.67. The molecule has 7 heteroatoms. The number of ketones is 1. The first-order valence-electron chi connectivity index (χ1n) is 9.08. The lowest BCUT2D eigenvalue weighted by atomic mass is 10.1. The molecule has 2 aromatic rings. The standard InChI is InChI=1S/C20H19ClFN3O2/c21-15-3-1-14(2-4-15)12-23-7-9-24(10-8-23)13-25-18-6-5-16(22)11-17(18)19(26)20(25)27/h1-6,11H,7-10,12-13H2/p+2. The van der Waals surface area contributed by atoms with Gasteiger partial charge >= 0.3 is 5.91 Å². The summed E-state index contributed by atoms with van der Waals surface area (Å²) < 4.78 is 13.4. The zero-order valence-electron chi connectivity index (χ0n) is 14.8. The van der Waals surface area contributed by atoms with E-state index in [1.54, 1.807) is 0 Å². The van der Waals surface area contributed by atoms with Crippen molar-refractivity contribution < 1.29 is 23.8 Å². The molecule has 0 atom stereocenters. The van der Waals surface area contributed by atoms with Crippen molar-refractivity contribution in [2.75, 3.05) is 37.7 Å². The van der Waals surface area contributed by atoms with Gasteiger partial charge in [0, 0.05) is 10.6 Å². The summed E-state index contributed by atoms with van der Waals surface area (Å²) in [5, 5.41) is 0.744. The van der Waals surface area contributed by atoms with Crippen LogP contribution in [-0.4, -0.2) is 44.5 Å².